The van der Waals surface area contributed by atoms with Crippen LogP contribution < -0.4 is 5.43 Å². The highest BCUT2D eigenvalue weighted by atomic mass is 15.3. The Morgan fingerprint density at radius 1 is 1.47 bits per heavy atom. The molecule has 0 saturated carbocycles. The number of rotatable bonds is 3. The van der Waals surface area contributed by atoms with Gasteiger partial charge < -0.3 is 0 Å². The minimum atomic E-state index is 0.0787. The normalized spacial score (nSPS) is 18.6. The van der Waals surface area contributed by atoms with Crippen molar-refractivity contribution in [3.63, 3.8) is 0 Å². The first-order valence-corrected chi connectivity index (χ1v) is 4.90. The van der Waals surface area contributed by atoms with Gasteiger partial charge in [0.2, 0.25) is 0 Å². The SMILES string of the molecule is C=C/C=C1/N=CC=C1N/N=C/C(C)(C)C. The van der Waals surface area contributed by atoms with Crippen LogP contribution in [-0.2, 0) is 0 Å². The van der Waals surface area contributed by atoms with Gasteiger partial charge in [0.25, 0.3) is 0 Å². The number of nitrogens with one attached hydrogen (secondary N) is 1. The van der Waals surface area contributed by atoms with Crippen LogP contribution in [0.1, 0.15) is 20.8 Å². The van der Waals surface area contributed by atoms with Gasteiger partial charge in [-0.25, -0.2) is 0 Å². The van der Waals surface area contributed by atoms with Gasteiger partial charge in [-0.3, -0.25) is 10.4 Å². The summed E-state index contributed by atoms with van der Waals surface area (Å²) in [5.41, 5.74) is 4.80. The van der Waals surface area contributed by atoms with Gasteiger partial charge in [-0.15, -0.1) is 0 Å². The molecule has 0 atom stereocenters. The van der Waals surface area contributed by atoms with E-state index in [0.717, 1.165) is 11.4 Å². The second-order valence-corrected chi connectivity index (χ2v) is 4.38. The Balaban J connectivity index is 2.58. The molecule has 0 fully saturated rings. The molecule has 0 amide bonds. The van der Waals surface area contributed by atoms with E-state index in [-0.39, 0.29) is 5.41 Å². The van der Waals surface area contributed by atoms with Crippen molar-refractivity contribution in [1.82, 2.24) is 5.43 Å². The zero-order valence-corrected chi connectivity index (χ0v) is 9.49. The number of hydrogen-bond acceptors (Lipinski definition) is 3. The van der Waals surface area contributed by atoms with Gasteiger partial charge in [0.1, 0.15) is 0 Å². The molecule has 15 heavy (non-hydrogen) atoms. The summed E-state index contributed by atoms with van der Waals surface area (Å²) in [4.78, 5) is 4.16. The third-order valence-corrected chi connectivity index (χ3v) is 1.64. The predicted molar refractivity (Wildman–Crippen MR) is 65.9 cm³/mol. The lowest BCUT2D eigenvalue weighted by molar-refractivity contribution is 0.601. The zero-order chi connectivity index (χ0) is 11.3. The summed E-state index contributed by atoms with van der Waals surface area (Å²) in [6, 6.07) is 0. The summed E-state index contributed by atoms with van der Waals surface area (Å²) in [7, 11) is 0. The summed E-state index contributed by atoms with van der Waals surface area (Å²) in [5.74, 6) is 0. The maximum atomic E-state index is 4.16. The lowest BCUT2D eigenvalue weighted by Crippen LogP contribution is -2.12. The lowest BCUT2D eigenvalue weighted by Gasteiger charge is -2.10. The number of aliphatic imine (C=N–C) groups is 1. The summed E-state index contributed by atoms with van der Waals surface area (Å²) < 4.78 is 0. The molecule has 1 N–H and O–H groups in total. The van der Waals surface area contributed by atoms with E-state index in [4.69, 9.17) is 0 Å². The molecule has 80 valence electrons. The Labute approximate surface area is 91.0 Å². The average molecular weight is 203 g/mol. The molecule has 0 unspecified atom stereocenters. The second kappa shape index (κ2) is 4.73. The van der Waals surface area contributed by atoms with E-state index >= 15 is 0 Å². The Hall–Kier alpha value is -1.64. The van der Waals surface area contributed by atoms with E-state index in [1.807, 2.05) is 18.4 Å². The van der Waals surface area contributed by atoms with Crippen LogP contribution in [0.3, 0.4) is 0 Å². The first-order valence-electron chi connectivity index (χ1n) is 4.90. The van der Waals surface area contributed by atoms with Gasteiger partial charge in [-0.1, -0.05) is 33.4 Å². The fourth-order valence-corrected chi connectivity index (χ4v) is 0.981. The van der Waals surface area contributed by atoms with Crippen molar-refractivity contribution in [3.05, 3.63) is 36.2 Å². The summed E-state index contributed by atoms with van der Waals surface area (Å²) >= 11 is 0. The van der Waals surface area contributed by atoms with Crippen molar-refractivity contribution in [1.29, 1.82) is 0 Å². The minimum Gasteiger partial charge on any atom is -0.277 e. The van der Waals surface area contributed by atoms with Gasteiger partial charge >= 0.3 is 0 Å². The van der Waals surface area contributed by atoms with Crippen molar-refractivity contribution >= 4 is 12.4 Å². The molecular weight excluding hydrogens is 186 g/mol. The zero-order valence-electron chi connectivity index (χ0n) is 9.49. The molecular formula is C12H17N3. The molecule has 1 aliphatic rings. The number of hydrazone groups is 1. The smallest absolute Gasteiger partial charge is 0.0880 e. The summed E-state index contributed by atoms with van der Waals surface area (Å²) in [5, 5.41) is 4.16. The first-order chi connectivity index (χ1) is 7.03. The fourth-order valence-electron chi connectivity index (χ4n) is 0.981. The molecule has 0 saturated heterocycles. The van der Waals surface area contributed by atoms with Gasteiger partial charge in [0, 0.05) is 12.4 Å². The third kappa shape index (κ3) is 3.94. The van der Waals surface area contributed by atoms with Crippen LogP contribution in [0.5, 0.6) is 0 Å². The van der Waals surface area contributed by atoms with Crippen LogP contribution in [0.25, 0.3) is 0 Å². The topological polar surface area (TPSA) is 36.8 Å². The predicted octanol–water partition coefficient (Wildman–Crippen LogP) is 2.65. The van der Waals surface area contributed by atoms with Gasteiger partial charge in [0.15, 0.2) is 0 Å². The molecule has 3 nitrogen and oxygen atoms in total. The largest absolute Gasteiger partial charge is 0.277 e. The molecule has 0 spiro atoms. The van der Waals surface area contributed by atoms with Crippen LogP contribution in [0.4, 0.5) is 0 Å². The van der Waals surface area contributed by atoms with Crippen LogP contribution in [0.15, 0.2) is 46.3 Å². The summed E-state index contributed by atoms with van der Waals surface area (Å²) in [6.45, 7) is 9.92. The van der Waals surface area contributed by atoms with E-state index < -0.39 is 0 Å². The quantitative estimate of drug-likeness (QED) is 0.555. The van der Waals surface area contributed by atoms with E-state index in [9.17, 15) is 0 Å². The fraction of sp³-hybridized carbons (Fsp3) is 0.333. The van der Waals surface area contributed by atoms with E-state index in [1.54, 1.807) is 12.3 Å². The van der Waals surface area contributed by atoms with E-state index in [2.05, 4.69) is 42.9 Å². The Bertz CT molecular complexity index is 352. The van der Waals surface area contributed by atoms with Crippen molar-refractivity contribution < 1.29 is 0 Å². The van der Waals surface area contributed by atoms with Crippen molar-refractivity contribution in [3.8, 4) is 0 Å². The highest BCUT2D eigenvalue weighted by Gasteiger charge is 2.07. The van der Waals surface area contributed by atoms with Crippen molar-refractivity contribution in [2.75, 3.05) is 0 Å². The second-order valence-electron chi connectivity index (χ2n) is 4.38. The van der Waals surface area contributed by atoms with Crippen molar-refractivity contribution in [2.45, 2.75) is 20.8 Å². The molecule has 0 aromatic heterocycles. The molecule has 0 aliphatic carbocycles. The Kier molecular flexibility index (Phi) is 3.61. The standard InChI is InChI=1S/C12H17N3/c1-5-6-10-11(7-8-13-10)15-14-9-12(2,3)4/h5-9,15H,1H2,2-4H3/b10-6+,14-9+. The van der Waals surface area contributed by atoms with Crippen LogP contribution in [0.2, 0.25) is 0 Å². The van der Waals surface area contributed by atoms with Crippen molar-refractivity contribution in [2.24, 2.45) is 15.5 Å². The minimum absolute atomic E-state index is 0.0787. The van der Waals surface area contributed by atoms with Gasteiger partial charge in [0.05, 0.1) is 11.4 Å². The Morgan fingerprint density at radius 3 is 2.80 bits per heavy atom. The summed E-state index contributed by atoms with van der Waals surface area (Å²) in [6.07, 6.45) is 9.05. The lowest BCUT2D eigenvalue weighted by atomic mass is 9.99. The third-order valence-electron chi connectivity index (χ3n) is 1.64. The molecule has 1 heterocycles. The number of nitrogens with zero attached hydrogens (tertiary/aromatic N) is 2. The highest BCUT2D eigenvalue weighted by molar-refractivity contribution is 5.79. The average Bonchev–Trinajstić information content (AvgIpc) is 2.51. The maximum Gasteiger partial charge on any atom is 0.0880 e. The maximum absolute atomic E-state index is 4.16. The number of allylic oxidation sites excluding steroid dienone is 3. The Morgan fingerprint density at radius 2 is 2.20 bits per heavy atom. The molecule has 0 radical (unpaired) electrons. The van der Waals surface area contributed by atoms with Crippen LogP contribution >= 0.6 is 0 Å². The highest BCUT2D eigenvalue weighted by Crippen LogP contribution is 2.13. The van der Waals surface area contributed by atoms with Gasteiger partial charge in [-0.05, 0) is 17.6 Å². The van der Waals surface area contributed by atoms with E-state index in [0.29, 0.717) is 0 Å². The first kappa shape index (κ1) is 11.4. The molecule has 0 aromatic carbocycles. The monoisotopic (exact) mass is 203 g/mol. The van der Waals surface area contributed by atoms with Crippen LogP contribution in [-0.4, -0.2) is 12.4 Å². The molecule has 3 heteroatoms. The van der Waals surface area contributed by atoms with Crippen LogP contribution in [0, 0.1) is 5.41 Å². The molecule has 1 rings (SSSR count). The molecule has 0 bridgehead atoms. The number of hydrogen-bond donors (Lipinski definition) is 1. The molecule has 1 aliphatic heterocycles. The van der Waals surface area contributed by atoms with E-state index in [1.165, 1.54) is 0 Å². The van der Waals surface area contributed by atoms with Gasteiger partial charge in [-0.2, -0.15) is 5.10 Å². The molecule has 0 aromatic rings.